The average molecular weight is 2190 g/mol. The number of aliphatic hydroxyl groups is 20. The van der Waals surface area contributed by atoms with Crippen molar-refractivity contribution in [2.45, 2.75) is 370 Å². The van der Waals surface area contributed by atoms with Crippen LogP contribution in [0, 0.1) is 36.0 Å². The molecular formula is C96H148N2O48S3. The van der Waals surface area contributed by atoms with Gasteiger partial charge in [0.05, 0.1) is 134 Å². The number of ether oxygens (including phenoxy) is 19. The Balaban J connectivity index is 0.000000380. The van der Waals surface area contributed by atoms with Crippen LogP contribution in [-0.2, 0) is 124 Å². The lowest BCUT2D eigenvalue weighted by Crippen LogP contribution is -2.68. The molecule has 25 rings (SSSR count). The molecule has 2 aromatic rings. The molecule has 50 nitrogen and oxygen atoms in total. The highest BCUT2D eigenvalue weighted by Crippen LogP contribution is 2.48. The molecule has 23 aliphatic rings. The normalized spacial score (nSPS) is 40.6. The molecular weight excluding hydrogens is 2050 g/mol. The zero-order chi connectivity index (χ0) is 109. The molecule has 24 N–H and O–H groups in total. The Morgan fingerprint density at radius 2 is 0.933 bits per heavy atom. The molecule has 23 aliphatic heterocycles. The summed E-state index contributed by atoms with van der Waals surface area (Å²) in [6.07, 6.45) is -66.6. The van der Waals surface area contributed by atoms with Gasteiger partial charge >= 0.3 is 23.9 Å². The van der Waals surface area contributed by atoms with E-state index in [1.807, 2.05) is 51.1 Å². The predicted octanol–water partition coefficient (Wildman–Crippen LogP) is -5.27. The van der Waals surface area contributed by atoms with Gasteiger partial charge in [-0.1, -0.05) is 58.4 Å². The first-order chi connectivity index (χ1) is 70.8. The van der Waals surface area contributed by atoms with Crippen LogP contribution in [0.15, 0.2) is 43.0 Å². The number of aromatic nitrogens is 1. The number of allylic oxidation sites excluding steroid dienone is 1. The molecule has 14 bridgehead atoms. The standard InChI is InChI=1S/C60H98O41S2.C36H50N2O7S/c1-3-21(52(82)83)16-102-18-29-50-36(73)43(80)59(93-29)98-48-27(14-64)89-55(39(76)32(48)69)95-45-24(11-61)88-54(38(75)31(45)68)96-46-26(13-63)92-58(42(79)35(46)72)101-51-30(19-103-17-22(53(84)85)10-23(67)5-7-87-9-8-86-6-4-20(2)66)94-60(44(81)37(51)74)99-49-28(15-65)90-56(40(77)33(49)70)97-47-25(12-62)91-57(100-50)41(78)34(47)71;1-7-12-25-33(44-31(40)14-9-8-10-18-37)22(2)13-11-17-36(6)30(45-36)20-27(24-15-16-28-26(19-24)38-23(3)46-28)43-32(41)21-29(39)35(4,5)34(25)42/h21-22,24-51,54-65,68-81H,3-19H2,1-2H3,(H,82,83)(H,84,85);7,11,13,15-16,19,22,25,27,29-30,33,39H,1,8-10,12,14,17-18,20-21,37H2,2-6H3/b;13-11-/t21?,22?,24?,25?,26?,27?,28?,29?,30?,31-,32-,33-,34-,35-,36-,37-,38?,39?,40?,41?,42?,43?,44?,45-,46-,47-,48-,49-,50-,51-,54-,55-,56-,57-,58-,59-,60-;22-,25+,27-,29-,30-,33-,36+/m10/s1. The number of carboxylic acids is 2. The Morgan fingerprint density at radius 1 is 0.537 bits per heavy atom. The number of esters is 2. The minimum absolute atomic E-state index is 0.0656. The number of Topliss-reactive ketones (excluding diaryl/α,β-unsaturated/α-hetero) is 3. The number of aliphatic carboxylic acids is 2. The minimum Gasteiger partial charge on any atom is -0.481 e. The van der Waals surface area contributed by atoms with Crippen molar-refractivity contribution in [3.8, 4) is 0 Å². The van der Waals surface area contributed by atoms with Gasteiger partial charge in [0.15, 0.2) is 44.0 Å². The molecule has 53 heteroatoms. The maximum atomic E-state index is 14.2. The van der Waals surface area contributed by atoms with E-state index in [9.17, 15) is 146 Å². The highest BCUT2D eigenvalue weighted by molar-refractivity contribution is 7.99. The third-order valence-corrected chi connectivity index (χ3v) is 31.6. The van der Waals surface area contributed by atoms with E-state index in [1.54, 1.807) is 38.2 Å². The van der Waals surface area contributed by atoms with Gasteiger partial charge in [0, 0.05) is 61.0 Å². The third-order valence-electron chi connectivity index (χ3n) is 28.2. The number of fused-ring (bicyclic) bond motifs is 2. The number of carbonyl (C=O) groups is 7. The number of thioether (sulfide) groups is 2. The van der Waals surface area contributed by atoms with E-state index in [4.69, 9.17) is 95.7 Å². The summed E-state index contributed by atoms with van der Waals surface area (Å²) >= 11 is 3.33. The van der Waals surface area contributed by atoms with Crippen LogP contribution in [0.2, 0.25) is 0 Å². The number of nitrogens with zero attached hydrogens (tertiary/aromatic N) is 1. The second-order valence-electron chi connectivity index (χ2n) is 39.6. The summed E-state index contributed by atoms with van der Waals surface area (Å²) in [6, 6.07) is 5.87. The number of epoxide rings is 1. The van der Waals surface area contributed by atoms with Crippen LogP contribution in [-0.4, -0.2) is 486 Å². The molecule has 16 unspecified atom stereocenters. The van der Waals surface area contributed by atoms with Crippen molar-refractivity contribution in [3.05, 3.63) is 53.6 Å². The molecule has 0 aliphatic carbocycles. The zero-order valence-electron chi connectivity index (χ0n) is 83.6. The number of unbranched alkanes of at least 4 members (excludes halogenated alkanes) is 2. The molecule has 22 fully saturated rings. The lowest BCUT2D eigenvalue weighted by molar-refractivity contribution is -0.395. The van der Waals surface area contributed by atoms with E-state index in [0.29, 0.717) is 25.8 Å². The molecule has 0 radical (unpaired) electrons. The van der Waals surface area contributed by atoms with Gasteiger partial charge in [0.1, 0.15) is 188 Å². The number of aryl methyl sites for hydroxylation is 1. The number of aliphatic hydroxyl groups excluding tert-OH is 20. The molecule has 22 saturated heterocycles. The number of hydrogen-bond donors (Lipinski definition) is 23. The number of hydrogen-bond acceptors (Lipinski definition) is 51. The summed E-state index contributed by atoms with van der Waals surface area (Å²) in [7, 11) is 0. The zero-order valence-corrected chi connectivity index (χ0v) is 86.0. The van der Waals surface area contributed by atoms with E-state index < -0.39 is 331 Å². The van der Waals surface area contributed by atoms with Gasteiger partial charge in [-0.25, -0.2) is 4.98 Å². The number of thiazole rings is 1. The SMILES string of the molecule is C=CC[C@H]1C(=O)C(C)(C)[C@@H](O)CC(=O)O[C@H](c2ccc3sc(C)nc3c2)C[C@@H]2O[C@]2(C)C/C=C\[C@H](C)[C@@H]1OC(=O)CCCCCN.CCC(CSCC1O[C@@H]2O[C@@H]3C(CO)O[C@H](O[C@@H]4C(CO)O[C@H](O[C@@H]5C(CO)O[C@H](O[C@@H]6C(CSCC(CC(=O)CCOCCOCCC(C)=O)C(=O)O)O[C@H](O[C@@H]7C(CO)O[C@H](O[C@@H]8C(CO)O[C@H](O[C@H]1[C@H](O)C2O)C(O)[C@H]8O)C(O)[C@H]7O)C(O)[C@H]6O)C(O)[C@H]5O)C(O)[C@H]4O)C(O)[C@H]3O)C(=O)O. The largest absolute Gasteiger partial charge is 0.481 e. The van der Waals surface area contributed by atoms with Crippen molar-refractivity contribution in [1.82, 2.24) is 4.98 Å². The van der Waals surface area contributed by atoms with E-state index >= 15 is 0 Å². The van der Waals surface area contributed by atoms with Gasteiger partial charge in [-0.3, -0.25) is 33.6 Å². The quantitative estimate of drug-likeness (QED) is 0.0131. The fourth-order valence-electron chi connectivity index (χ4n) is 19.0. The number of rotatable bonds is 36. The van der Waals surface area contributed by atoms with Crippen LogP contribution in [0.5, 0.6) is 0 Å². The summed E-state index contributed by atoms with van der Waals surface area (Å²) in [5.74, 6) is -9.13. The third kappa shape index (κ3) is 31.4. The number of carboxylic acid groups (broad SMARTS) is 2. The van der Waals surface area contributed by atoms with Crippen LogP contribution < -0.4 is 5.73 Å². The molecule has 24 heterocycles. The first kappa shape index (κ1) is 124. The molecule has 1 aromatic heterocycles. The van der Waals surface area contributed by atoms with Crippen LogP contribution in [0.1, 0.15) is 135 Å². The number of cyclic esters (lactones) is 1. The van der Waals surface area contributed by atoms with Crippen molar-refractivity contribution in [2.24, 2.45) is 34.8 Å². The van der Waals surface area contributed by atoms with Crippen molar-refractivity contribution in [2.75, 3.05) is 89.0 Å². The van der Waals surface area contributed by atoms with Gasteiger partial charge in [-0.05, 0) is 77.1 Å². The van der Waals surface area contributed by atoms with Crippen molar-refractivity contribution in [1.29, 1.82) is 0 Å². The highest BCUT2D eigenvalue weighted by atomic mass is 32.2. The fraction of sp³-hybridized carbons (Fsp3) is 0.812. The van der Waals surface area contributed by atoms with Crippen molar-refractivity contribution < 1.29 is 236 Å². The minimum atomic E-state index is -2.31. The van der Waals surface area contributed by atoms with Crippen LogP contribution in [0.4, 0.5) is 0 Å². The lowest BCUT2D eigenvalue weighted by Gasteiger charge is -2.50. The number of ketones is 3. The summed E-state index contributed by atoms with van der Waals surface area (Å²) in [6.45, 7) is 11.3. The van der Waals surface area contributed by atoms with E-state index in [1.165, 1.54) is 6.92 Å². The fourth-order valence-corrected chi connectivity index (χ4v) is 22.3. The van der Waals surface area contributed by atoms with Crippen LogP contribution in [0.25, 0.3) is 10.2 Å². The molecule has 848 valence electrons. The summed E-state index contributed by atoms with van der Waals surface area (Å²) in [4.78, 5) is 94.0. The number of benzene rings is 1. The Labute approximate surface area is 870 Å². The summed E-state index contributed by atoms with van der Waals surface area (Å²) in [5, 5.41) is 249. The number of nitrogens with two attached hydrogens (primary N) is 1. The molecule has 44 atom stereocenters. The van der Waals surface area contributed by atoms with Gasteiger partial charge in [-0.2, -0.15) is 23.5 Å². The Bertz CT molecular complexity index is 4580. The molecule has 0 saturated carbocycles. The van der Waals surface area contributed by atoms with Crippen molar-refractivity contribution >= 4 is 86.3 Å². The Hall–Kier alpha value is -5.34. The average Bonchev–Trinajstić information content (AvgIpc) is 1.75. The predicted molar refractivity (Wildman–Crippen MR) is 512 cm³/mol. The van der Waals surface area contributed by atoms with Crippen LogP contribution >= 0.6 is 34.9 Å². The first-order valence-corrected chi connectivity index (χ1v) is 53.1. The second-order valence-corrected chi connectivity index (χ2v) is 43.0. The summed E-state index contributed by atoms with van der Waals surface area (Å²) < 4.78 is 113. The summed E-state index contributed by atoms with van der Waals surface area (Å²) in [5.41, 5.74) is 5.42. The molecule has 0 spiro atoms. The maximum Gasteiger partial charge on any atom is 0.309 e. The lowest BCUT2D eigenvalue weighted by atomic mass is 9.71. The van der Waals surface area contributed by atoms with Gasteiger partial charge in [0.2, 0.25) is 0 Å². The monoisotopic (exact) mass is 2190 g/mol. The molecule has 0 amide bonds. The van der Waals surface area contributed by atoms with Crippen LogP contribution in [0.3, 0.4) is 0 Å². The van der Waals surface area contributed by atoms with Gasteiger partial charge < -0.3 is 208 Å². The number of carbonyl (C=O) groups excluding carboxylic acids is 5. The van der Waals surface area contributed by atoms with E-state index in [2.05, 4.69) is 11.6 Å². The van der Waals surface area contributed by atoms with Gasteiger partial charge in [-0.15, -0.1) is 17.9 Å². The van der Waals surface area contributed by atoms with E-state index in [-0.39, 0.29) is 112 Å². The van der Waals surface area contributed by atoms with Crippen molar-refractivity contribution in [3.63, 3.8) is 0 Å². The van der Waals surface area contributed by atoms with Gasteiger partial charge in [0.25, 0.3) is 0 Å². The van der Waals surface area contributed by atoms with E-state index in [0.717, 1.165) is 57.2 Å². The molecule has 1 aromatic carbocycles. The molecule has 149 heavy (non-hydrogen) atoms. The smallest absolute Gasteiger partial charge is 0.309 e. The maximum absolute atomic E-state index is 14.2. The topological polar surface area (TPSA) is 782 Å². The second kappa shape index (κ2) is 57.2. The Kier molecular flexibility index (Phi) is 47.6. The Morgan fingerprint density at radius 3 is 1.32 bits per heavy atom. The first-order valence-electron chi connectivity index (χ1n) is 50.0. The highest BCUT2D eigenvalue weighted by Gasteiger charge is 2.62.